The fraction of sp³-hybridized carbons (Fsp3) is 0.194. The minimum absolute atomic E-state index is 0.199. The Bertz CT molecular complexity index is 2170. The van der Waals surface area contributed by atoms with Crippen LogP contribution in [-0.2, 0) is 16.1 Å². The number of hydrogen-bond acceptors (Lipinski definition) is 7. The Balaban J connectivity index is 1.45. The van der Waals surface area contributed by atoms with Crippen molar-refractivity contribution in [2.24, 2.45) is 4.99 Å². The maximum absolute atomic E-state index is 14.2. The molecule has 1 atom stereocenters. The van der Waals surface area contributed by atoms with Crippen LogP contribution in [0.15, 0.2) is 99.9 Å². The predicted octanol–water partition coefficient (Wildman–Crippen LogP) is 7.19. The highest BCUT2D eigenvalue weighted by molar-refractivity contribution is 14.1. The highest BCUT2D eigenvalue weighted by Gasteiger charge is 2.33. The second-order valence-corrected chi connectivity index (χ2v) is 13.1. The van der Waals surface area contributed by atoms with Gasteiger partial charge in [0.25, 0.3) is 5.56 Å². The van der Waals surface area contributed by atoms with E-state index in [0.29, 0.717) is 55.9 Å². The zero-order valence-electron chi connectivity index (χ0n) is 25.4. The third-order valence-electron chi connectivity index (χ3n) is 7.60. The largest absolute Gasteiger partial charge is 0.494 e. The second kappa shape index (κ2) is 13.8. The molecule has 0 amide bonds. The summed E-state index contributed by atoms with van der Waals surface area (Å²) in [5.74, 6) is 0.810. The molecule has 5 aromatic rings. The van der Waals surface area contributed by atoms with Crippen LogP contribution < -0.4 is 24.4 Å². The van der Waals surface area contributed by atoms with Crippen LogP contribution >= 0.6 is 45.5 Å². The van der Waals surface area contributed by atoms with E-state index in [2.05, 4.69) is 40.8 Å². The average Bonchev–Trinajstić information content (AvgIpc) is 3.34. The molecule has 0 unspecified atom stereocenters. The minimum Gasteiger partial charge on any atom is -0.494 e. The number of rotatable bonds is 9. The first kappa shape index (κ1) is 32.0. The molecule has 0 fully saturated rings. The summed E-state index contributed by atoms with van der Waals surface area (Å²) in [5, 5.41) is 2.77. The van der Waals surface area contributed by atoms with Crippen LogP contribution in [0.5, 0.6) is 11.5 Å². The molecular formula is C36H30ClIN2O5S. The van der Waals surface area contributed by atoms with Crippen LogP contribution in [0.4, 0.5) is 0 Å². The molecule has 1 aromatic heterocycles. The highest BCUT2D eigenvalue weighted by atomic mass is 127. The molecular weight excluding hydrogens is 735 g/mol. The summed E-state index contributed by atoms with van der Waals surface area (Å²) in [6.07, 6.45) is 1.79. The van der Waals surface area contributed by atoms with E-state index >= 15 is 0 Å². The smallest absolute Gasteiger partial charge is 0.338 e. The predicted molar refractivity (Wildman–Crippen MR) is 190 cm³/mol. The third-order valence-corrected chi connectivity index (χ3v) is 9.60. The summed E-state index contributed by atoms with van der Waals surface area (Å²) in [6, 6.07) is 24.6. The van der Waals surface area contributed by atoms with E-state index in [9.17, 15) is 9.59 Å². The second-order valence-electron chi connectivity index (χ2n) is 10.5. The Morgan fingerprint density at radius 3 is 2.54 bits per heavy atom. The molecule has 1 aliphatic rings. The van der Waals surface area contributed by atoms with E-state index in [1.165, 1.54) is 11.3 Å². The lowest BCUT2D eigenvalue weighted by Gasteiger charge is -2.24. The molecule has 46 heavy (non-hydrogen) atoms. The molecule has 2 heterocycles. The summed E-state index contributed by atoms with van der Waals surface area (Å²) in [6.45, 7) is 6.49. The Morgan fingerprint density at radius 2 is 1.78 bits per heavy atom. The summed E-state index contributed by atoms with van der Waals surface area (Å²) < 4.78 is 20.3. The topological polar surface area (TPSA) is 79.1 Å². The van der Waals surface area contributed by atoms with Gasteiger partial charge < -0.3 is 14.2 Å². The SMILES string of the molecule is CCOC(=O)C1=C(C)N=c2s/c(=C\c3cc(Cl)cc(I)c3OCc3cccc4ccccc34)c(=O)n2[C@@H]1c1ccc(OCC)cc1. The molecule has 0 N–H and O–H groups in total. The lowest BCUT2D eigenvalue weighted by Crippen LogP contribution is -2.39. The summed E-state index contributed by atoms with van der Waals surface area (Å²) in [4.78, 5) is 32.6. The number of hydrogen-bond donors (Lipinski definition) is 0. The van der Waals surface area contributed by atoms with Gasteiger partial charge in [-0.1, -0.05) is 77.5 Å². The number of nitrogens with zero attached hydrogens (tertiary/aromatic N) is 2. The molecule has 1 aliphatic heterocycles. The van der Waals surface area contributed by atoms with Gasteiger partial charge in [0, 0.05) is 10.6 Å². The number of allylic oxidation sites excluding steroid dienone is 1. The number of thiazole rings is 1. The fourth-order valence-electron chi connectivity index (χ4n) is 5.57. The number of aromatic nitrogens is 1. The van der Waals surface area contributed by atoms with Gasteiger partial charge in [-0.3, -0.25) is 9.36 Å². The van der Waals surface area contributed by atoms with Gasteiger partial charge in [-0.15, -0.1) is 0 Å². The number of carbonyl (C=O) groups excluding carboxylic acids is 1. The monoisotopic (exact) mass is 764 g/mol. The normalized spacial score (nSPS) is 14.6. The maximum atomic E-state index is 14.2. The Hall–Kier alpha value is -3.93. The standard InChI is InChI=1S/C36H30ClIN2O5S/c1-4-43-27-15-13-23(14-16-27)32-31(35(42)44-5-2)21(3)39-36-40(32)34(41)30(46-36)18-25-17-26(37)19-29(38)33(25)45-20-24-11-8-10-22-9-6-7-12-28(22)24/h6-19,32H,4-5,20H2,1-3H3/b30-18-/t32-/m1/s1. The first-order chi connectivity index (χ1) is 22.3. The van der Waals surface area contributed by atoms with Crippen LogP contribution in [0.1, 0.15) is 43.5 Å². The van der Waals surface area contributed by atoms with Crippen molar-refractivity contribution in [2.45, 2.75) is 33.4 Å². The number of benzene rings is 4. The molecule has 0 aliphatic carbocycles. The van der Waals surface area contributed by atoms with Gasteiger partial charge in [0.1, 0.15) is 18.1 Å². The van der Waals surface area contributed by atoms with Gasteiger partial charge in [-0.25, -0.2) is 9.79 Å². The number of ether oxygens (including phenoxy) is 3. The average molecular weight is 765 g/mol. The fourth-order valence-corrected chi connectivity index (χ4v) is 7.82. The van der Waals surface area contributed by atoms with Gasteiger partial charge in [-0.05, 0) is 95.6 Å². The lowest BCUT2D eigenvalue weighted by molar-refractivity contribution is -0.139. The number of fused-ring (bicyclic) bond motifs is 2. The van der Waals surface area contributed by atoms with Crippen LogP contribution in [0.2, 0.25) is 5.02 Å². The van der Waals surface area contributed by atoms with E-state index in [1.54, 1.807) is 30.6 Å². The van der Waals surface area contributed by atoms with Gasteiger partial charge in [-0.2, -0.15) is 0 Å². The summed E-state index contributed by atoms with van der Waals surface area (Å²) in [5.41, 5.74) is 2.99. The molecule has 4 aromatic carbocycles. The quantitative estimate of drug-likeness (QED) is 0.117. The minimum atomic E-state index is -0.727. The van der Waals surface area contributed by atoms with E-state index in [1.807, 2.05) is 61.5 Å². The molecule has 6 rings (SSSR count). The molecule has 0 spiro atoms. The van der Waals surface area contributed by atoms with Crippen LogP contribution in [-0.4, -0.2) is 23.8 Å². The first-order valence-corrected chi connectivity index (χ1v) is 17.1. The molecule has 234 valence electrons. The van der Waals surface area contributed by atoms with Gasteiger partial charge >= 0.3 is 5.97 Å². The lowest BCUT2D eigenvalue weighted by atomic mass is 9.96. The van der Waals surface area contributed by atoms with Crippen molar-refractivity contribution >= 4 is 68.3 Å². The summed E-state index contributed by atoms with van der Waals surface area (Å²) >= 11 is 9.97. The molecule has 0 radical (unpaired) electrons. The van der Waals surface area contributed by atoms with E-state index < -0.39 is 12.0 Å². The van der Waals surface area contributed by atoms with E-state index in [0.717, 1.165) is 25.5 Å². The molecule has 0 saturated heterocycles. The Morgan fingerprint density at radius 1 is 1.02 bits per heavy atom. The van der Waals surface area contributed by atoms with Crippen molar-refractivity contribution in [3.05, 3.63) is 135 Å². The number of esters is 1. The van der Waals surface area contributed by atoms with Crippen LogP contribution in [0.3, 0.4) is 0 Å². The number of halogens is 2. The molecule has 0 saturated carbocycles. The van der Waals surface area contributed by atoms with Gasteiger partial charge in [0.05, 0.1) is 38.6 Å². The van der Waals surface area contributed by atoms with E-state index in [-0.39, 0.29) is 12.2 Å². The van der Waals surface area contributed by atoms with E-state index in [4.69, 9.17) is 30.8 Å². The Kier molecular flexibility index (Phi) is 9.62. The van der Waals surface area contributed by atoms with Crippen molar-refractivity contribution in [3.63, 3.8) is 0 Å². The van der Waals surface area contributed by atoms with Crippen LogP contribution in [0.25, 0.3) is 16.8 Å². The molecule has 7 nitrogen and oxygen atoms in total. The highest BCUT2D eigenvalue weighted by Crippen LogP contribution is 2.33. The molecule has 10 heteroatoms. The van der Waals surface area contributed by atoms with Crippen molar-refractivity contribution in [1.29, 1.82) is 0 Å². The first-order valence-electron chi connectivity index (χ1n) is 14.8. The third kappa shape index (κ3) is 6.36. The maximum Gasteiger partial charge on any atom is 0.338 e. The zero-order valence-corrected chi connectivity index (χ0v) is 29.1. The number of carbonyl (C=O) groups is 1. The van der Waals surface area contributed by atoms with Gasteiger partial charge in [0.2, 0.25) is 0 Å². The molecule has 0 bridgehead atoms. The van der Waals surface area contributed by atoms with Crippen molar-refractivity contribution in [2.75, 3.05) is 13.2 Å². The van der Waals surface area contributed by atoms with Crippen molar-refractivity contribution < 1.29 is 19.0 Å². The zero-order chi connectivity index (χ0) is 32.4. The van der Waals surface area contributed by atoms with Crippen molar-refractivity contribution in [3.8, 4) is 11.5 Å². The Labute approximate surface area is 288 Å². The van der Waals surface area contributed by atoms with Crippen LogP contribution in [0, 0.1) is 3.57 Å². The summed E-state index contributed by atoms with van der Waals surface area (Å²) in [7, 11) is 0. The van der Waals surface area contributed by atoms with Gasteiger partial charge in [0.15, 0.2) is 4.80 Å². The van der Waals surface area contributed by atoms with Crippen molar-refractivity contribution in [1.82, 2.24) is 4.57 Å².